The molecule has 7 heteroatoms. The molecule has 3 nitrogen and oxygen atoms in total. The van der Waals surface area contributed by atoms with E-state index in [4.69, 9.17) is 34.8 Å². The van der Waals surface area contributed by atoms with Gasteiger partial charge in [-0.1, -0.05) is 40.9 Å². The van der Waals surface area contributed by atoms with Crippen molar-refractivity contribution in [1.29, 1.82) is 0 Å². The molecule has 0 fully saturated rings. The summed E-state index contributed by atoms with van der Waals surface area (Å²) in [4.78, 5) is 0.0311. The van der Waals surface area contributed by atoms with Crippen LogP contribution in [-0.4, -0.2) is 8.42 Å². The van der Waals surface area contributed by atoms with Crippen molar-refractivity contribution in [3.63, 3.8) is 0 Å². The second-order valence-corrected chi connectivity index (χ2v) is 7.05. The minimum Gasteiger partial charge on any atom is -0.280 e. The zero-order valence-corrected chi connectivity index (χ0v) is 13.4. The van der Waals surface area contributed by atoms with Crippen LogP contribution in [0.25, 0.3) is 0 Å². The highest BCUT2D eigenvalue weighted by Crippen LogP contribution is 2.27. The summed E-state index contributed by atoms with van der Waals surface area (Å²) in [6, 6.07) is 9.02. The van der Waals surface area contributed by atoms with Crippen molar-refractivity contribution in [1.82, 2.24) is 0 Å². The van der Waals surface area contributed by atoms with Gasteiger partial charge in [0.25, 0.3) is 10.0 Å². The number of halogens is 3. The Kier molecular flexibility index (Phi) is 4.49. The maximum atomic E-state index is 12.2. The topological polar surface area (TPSA) is 46.2 Å². The van der Waals surface area contributed by atoms with Crippen LogP contribution in [0.15, 0.2) is 41.3 Å². The molecule has 2 aromatic rings. The zero-order valence-electron chi connectivity index (χ0n) is 10.3. The lowest BCUT2D eigenvalue weighted by Gasteiger charge is -2.10. The number of aryl methyl sites for hydroxylation is 1. The molecule has 0 saturated carbocycles. The van der Waals surface area contributed by atoms with Crippen molar-refractivity contribution < 1.29 is 8.42 Å². The Morgan fingerprint density at radius 1 is 0.900 bits per heavy atom. The molecular weight excluding hydrogens is 341 g/mol. The zero-order chi connectivity index (χ0) is 14.9. The second-order valence-electron chi connectivity index (χ2n) is 4.15. The van der Waals surface area contributed by atoms with Crippen molar-refractivity contribution >= 4 is 50.5 Å². The third-order valence-electron chi connectivity index (χ3n) is 2.63. The van der Waals surface area contributed by atoms with Crippen LogP contribution in [0, 0.1) is 6.92 Å². The molecule has 0 radical (unpaired) electrons. The van der Waals surface area contributed by atoms with Gasteiger partial charge >= 0.3 is 0 Å². The van der Waals surface area contributed by atoms with E-state index in [-0.39, 0.29) is 9.92 Å². The summed E-state index contributed by atoms with van der Waals surface area (Å²) in [5.41, 5.74) is 1.25. The Bertz CT molecular complexity index is 760. The molecule has 0 bridgehead atoms. The van der Waals surface area contributed by atoms with Gasteiger partial charge < -0.3 is 0 Å². The first-order chi connectivity index (χ1) is 9.29. The van der Waals surface area contributed by atoms with E-state index in [2.05, 4.69) is 4.72 Å². The fraction of sp³-hybridized carbons (Fsp3) is 0.0769. The number of nitrogens with one attached hydrogen (secondary N) is 1. The van der Waals surface area contributed by atoms with Crippen molar-refractivity contribution in [2.24, 2.45) is 0 Å². The van der Waals surface area contributed by atoms with Crippen molar-refractivity contribution in [3.8, 4) is 0 Å². The van der Waals surface area contributed by atoms with Gasteiger partial charge in [0.2, 0.25) is 0 Å². The highest BCUT2D eigenvalue weighted by molar-refractivity contribution is 7.92. The van der Waals surface area contributed by atoms with Crippen LogP contribution in [0.4, 0.5) is 5.69 Å². The Morgan fingerprint density at radius 3 is 2.20 bits per heavy atom. The van der Waals surface area contributed by atoms with Gasteiger partial charge in [-0.15, -0.1) is 0 Å². The van der Waals surface area contributed by atoms with Gasteiger partial charge in [0.1, 0.15) is 0 Å². The van der Waals surface area contributed by atoms with E-state index in [1.165, 1.54) is 18.2 Å². The normalized spacial score (nSPS) is 11.4. The van der Waals surface area contributed by atoms with E-state index in [0.29, 0.717) is 15.7 Å². The van der Waals surface area contributed by atoms with Crippen LogP contribution in [0.1, 0.15) is 5.56 Å². The highest BCUT2D eigenvalue weighted by Gasteiger charge is 2.16. The molecule has 0 aliphatic heterocycles. The molecule has 0 aliphatic rings. The van der Waals surface area contributed by atoms with Gasteiger partial charge in [-0.25, -0.2) is 8.42 Å². The molecule has 0 unspecified atom stereocenters. The van der Waals surface area contributed by atoms with E-state index in [1.54, 1.807) is 18.2 Å². The standard InChI is InChI=1S/C13H10Cl3NO2S/c1-8-2-3-9(6-12(8)15)17-20(18,19)10-4-5-11(14)13(16)7-10/h2-7,17H,1H3. The molecule has 0 atom stereocenters. The fourth-order valence-electron chi connectivity index (χ4n) is 1.51. The van der Waals surface area contributed by atoms with Gasteiger partial charge in [-0.05, 0) is 42.8 Å². The number of sulfonamides is 1. The summed E-state index contributed by atoms with van der Waals surface area (Å²) in [7, 11) is -3.73. The SMILES string of the molecule is Cc1ccc(NS(=O)(=O)c2ccc(Cl)c(Cl)c2)cc1Cl. The van der Waals surface area contributed by atoms with Crippen molar-refractivity contribution in [3.05, 3.63) is 57.0 Å². The Balaban J connectivity index is 2.35. The summed E-state index contributed by atoms with van der Waals surface area (Å²) < 4.78 is 26.8. The predicted octanol–water partition coefficient (Wildman–Crippen LogP) is 4.76. The lowest BCUT2D eigenvalue weighted by Crippen LogP contribution is -2.12. The summed E-state index contributed by atoms with van der Waals surface area (Å²) >= 11 is 17.5. The van der Waals surface area contributed by atoms with Gasteiger partial charge in [0, 0.05) is 5.02 Å². The molecule has 0 aliphatic carbocycles. The van der Waals surface area contributed by atoms with Gasteiger partial charge in [-0.2, -0.15) is 0 Å². The predicted molar refractivity (Wildman–Crippen MR) is 83.5 cm³/mol. The number of rotatable bonds is 3. The quantitative estimate of drug-likeness (QED) is 0.867. The first-order valence-corrected chi connectivity index (χ1v) is 8.15. The van der Waals surface area contributed by atoms with Crippen LogP contribution in [0.2, 0.25) is 15.1 Å². The first-order valence-electron chi connectivity index (χ1n) is 5.53. The van der Waals surface area contributed by atoms with Crippen molar-refractivity contribution in [2.75, 3.05) is 4.72 Å². The molecule has 0 heterocycles. The maximum absolute atomic E-state index is 12.2. The summed E-state index contributed by atoms with van der Waals surface area (Å²) in [6.45, 7) is 1.83. The summed E-state index contributed by atoms with van der Waals surface area (Å²) in [6.07, 6.45) is 0. The fourth-order valence-corrected chi connectivity index (χ4v) is 3.13. The van der Waals surface area contributed by atoms with Crippen LogP contribution >= 0.6 is 34.8 Å². The monoisotopic (exact) mass is 349 g/mol. The second kappa shape index (κ2) is 5.82. The average molecular weight is 351 g/mol. The average Bonchev–Trinajstić information content (AvgIpc) is 2.37. The van der Waals surface area contributed by atoms with E-state index in [9.17, 15) is 8.42 Å². The number of benzene rings is 2. The molecule has 2 rings (SSSR count). The molecule has 0 aromatic heterocycles. The van der Waals surface area contributed by atoms with Crippen molar-refractivity contribution in [2.45, 2.75) is 11.8 Å². The minimum absolute atomic E-state index is 0.0311. The minimum atomic E-state index is -3.73. The highest BCUT2D eigenvalue weighted by atomic mass is 35.5. The molecule has 2 aromatic carbocycles. The van der Waals surface area contributed by atoms with E-state index < -0.39 is 10.0 Å². The van der Waals surface area contributed by atoms with Crippen LogP contribution in [0.5, 0.6) is 0 Å². The molecular formula is C13H10Cl3NO2S. The molecule has 0 spiro atoms. The number of hydrogen-bond acceptors (Lipinski definition) is 2. The smallest absolute Gasteiger partial charge is 0.261 e. The summed E-state index contributed by atoms with van der Waals surface area (Å²) in [5, 5.41) is 0.958. The largest absolute Gasteiger partial charge is 0.280 e. The maximum Gasteiger partial charge on any atom is 0.261 e. The number of hydrogen-bond donors (Lipinski definition) is 1. The Labute approximate surface area is 132 Å². The van der Waals surface area contributed by atoms with E-state index >= 15 is 0 Å². The molecule has 1 N–H and O–H groups in total. The van der Waals surface area contributed by atoms with E-state index in [1.807, 2.05) is 6.92 Å². The Morgan fingerprint density at radius 2 is 1.60 bits per heavy atom. The number of anilines is 1. The molecule has 106 valence electrons. The Hall–Kier alpha value is -0.940. The molecule has 20 heavy (non-hydrogen) atoms. The molecule has 0 amide bonds. The third kappa shape index (κ3) is 3.38. The lowest BCUT2D eigenvalue weighted by molar-refractivity contribution is 0.601. The van der Waals surface area contributed by atoms with Gasteiger partial charge in [-0.3, -0.25) is 4.72 Å². The third-order valence-corrected chi connectivity index (χ3v) is 5.15. The van der Waals surface area contributed by atoms with Gasteiger partial charge in [0.15, 0.2) is 0 Å². The lowest BCUT2D eigenvalue weighted by atomic mass is 10.2. The van der Waals surface area contributed by atoms with Gasteiger partial charge in [0.05, 0.1) is 20.6 Å². The first kappa shape index (κ1) is 15.4. The summed E-state index contributed by atoms with van der Waals surface area (Å²) in [5.74, 6) is 0. The van der Waals surface area contributed by atoms with Crippen LogP contribution < -0.4 is 4.72 Å². The van der Waals surface area contributed by atoms with Crippen LogP contribution in [0.3, 0.4) is 0 Å². The van der Waals surface area contributed by atoms with E-state index in [0.717, 1.165) is 5.56 Å². The molecule has 0 saturated heterocycles. The van der Waals surface area contributed by atoms with Crippen LogP contribution in [-0.2, 0) is 10.0 Å².